The van der Waals surface area contributed by atoms with Gasteiger partial charge in [-0.05, 0) is 34.8 Å². The normalized spacial score (nSPS) is 16.4. The summed E-state index contributed by atoms with van der Waals surface area (Å²) in [6, 6.07) is 2.07. The van der Waals surface area contributed by atoms with Gasteiger partial charge in [0.15, 0.2) is 0 Å². The summed E-state index contributed by atoms with van der Waals surface area (Å²) in [5.41, 5.74) is 3.36. The maximum Gasteiger partial charge on any atom is 0.112 e. The Morgan fingerprint density at radius 3 is 3.00 bits per heavy atom. The number of hydrogen-bond acceptors (Lipinski definition) is 2. The van der Waals surface area contributed by atoms with Crippen LogP contribution in [0.4, 0.5) is 0 Å². The molecule has 0 aliphatic heterocycles. The van der Waals surface area contributed by atoms with Crippen molar-refractivity contribution in [1.82, 2.24) is 14.8 Å². The number of nitrogens with zero attached hydrogens (tertiary/aromatic N) is 3. The second-order valence-corrected chi connectivity index (χ2v) is 4.72. The monoisotopic (exact) mass is 251 g/mol. The number of fused-ring (bicyclic) bond motifs is 1. The highest BCUT2D eigenvalue weighted by Gasteiger charge is 2.29. The van der Waals surface area contributed by atoms with Gasteiger partial charge in [0.2, 0.25) is 0 Å². The molecule has 0 spiro atoms. The molecule has 0 aromatic carbocycles. The van der Waals surface area contributed by atoms with Gasteiger partial charge in [0.25, 0.3) is 0 Å². The highest BCUT2D eigenvalue weighted by molar-refractivity contribution is 9.10. The Hall–Kier alpha value is -0.900. The Bertz CT molecular complexity index is 499. The maximum absolute atomic E-state index is 4.53. The molecule has 1 aliphatic carbocycles. The highest BCUT2D eigenvalue weighted by atomic mass is 79.9. The summed E-state index contributed by atoms with van der Waals surface area (Å²) in [6.45, 7) is 0. The van der Waals surface area contributed by atoms with Gasteiger partial charge in [0, 0.05) is 23.6 Å². The summed E-state index contributed by atoms with van der Waals surface area (Å²) in [5.74, 6) is 0.660. The first-order chi connectivity index (χ1) is 6.75. The van der Waals surface area contributed by atoms with Gasteiger partial charge in [0.1, 0.15) is 5.52 Å². The average Bonchev–Trinajstić information content (AvgIpc) is 2.94. The molecule has 1 fully saturated rings. The van der Waals surface area contributed by atoms with E-state index in [-0.39, 0.29) is 0 Å². The second kappa shape index (κ2) is 2.79. The van der Waals surface area contributed by atoms with Gasteiger partial charge in [-0.1, -0.05) is 0 Å². The minimum atomic E-state index is 0.660. The molecule has 2 aromatic rings. The van der Waals surface area contributed by atoms with Crippen molar-refractivity contribution in [3.63, 3.8) is 0 Å². The quantitative estimate of drug-likeness (QED) is 0.781. The third-order valence-corrected chi connectivity index (χ3v) is 3.08. The molecule has 2 aromatic heterocycles. The van der Waals surface area contributed by atoms with E-state index in [1.165, 1.54) is 18.5 Å². The van der Waals surface area contributed by atoms with Gasteiger partial charge in [-0.15, -0.1) is 0 Å². The lowest BCUT2D eigenvalue weighted by Gasteiger charge is -1.93. The van der Waals surface area contributed by atoms with E-state index in [4.69, 9.17) is 0 Å². The number of pyridine rings is 1. The van der Waals surface area contributed by atoms with Crippen LogP contribution in [-0.2, 0) is 7.05 Å². The van der Waals surface area contributed by atoms with Crippen LogP contribution in [0.5, 0.6) is 0 Å². The zero-order chi connectivity index (χ0) is 9.71. The topological polar surface area (TPSA) is 30.7 Å². The van der Waals surface area contributed by atoms with Gasteiger partial charge >= 0.3 is 0 Å². The lowest BCUT2D eigenvalue weighted by Crippen LogP contribution is -1.90. The van der Waals surface area contributed by atoms with Crippen molar-refractivity contribution in [2.75, 3.05) is 0 Å². The van der Waals surface area contributed by atoms with E-state index >= 15 is 0 Å². The van der Waals surface area contributed by atoms with Crippen molar-refractivity contribution < 1.29 is 0 Å². The molecular weight excluding hydrogens is 242 g/mol. The summed E-state index contributed by atoms with van der Waals surface area (Å²) < 4.78 is 2.93. The lowest BCUT2D eigenvalue weighted by molar-refractivity contribution is 0.767. The lowest BCUT2D eigenvalue weighted by atomic mass is 10.2. The number of halogens is 1. The number of aromatic nitrogens is 3. The van der Waals surface area contributed by atoms with E-state index in [1.54, 1.807) is 0 Å². The number of rotatable bonds is 1. The fraction of sp³-hybridized carbons (Fsp3) is 0.400. The first kappa shape index (κ1) is 8.41. The van der Waals surface area contributed by atoms with Crippen LogP contribution in [0.15, 0.2) is 16.7 Å². The minimum Gasteiger partial charge on any atom is -0.266 e. The summed E-state index contributed by atoms with van der Waals surface area (Å²) in [7, 11) is 1.97. The summed E-state index contributed by atoms with van der Waals surface area (Å²) in [5, 5.41) is 4.53. The SMILES string of the molecule is Cn1nc(C2CC2)c2ncc(Br)cc21. The van der Waals surface area contributed by atoms with Crippen LogP contribution in [0.1, 0.15) is 24.5 Å². The molecule has 0 amide bonds. The van der Waals surface area contributed by atoms with Crippen molar-refractivity contribution in [2.45, 2.75) is 18.8 Å². The average molecular weight is 252 g/mol. The van der Waals surface area contributed by atoms with Crippen molar-refractivity contribution in [2.24, 2.45) is 7.05 Å². The summed E-state index contributed by atoms with van der Waals surface area (Å²) in [6.07, 6.45) is 4.38. The second-order valence-electron chi connectivity index (χ2n) is 3.80. The minimum absolute atomic E-state index is 0.660. The fourth-order valence-corrected chi connectivity index (χ4v) is 2.09. The molecule has 0 radical (unpaired) electrons. The molecule has 3 nitrogen and oxygen atoms in total. The molecule has 72 valence electrons. The Balaban J connectivity index is 2.32. The molecule has 3 rings (SSSR count). The van der Waals surface area contributed by atoms with Crippen LogP contribution in [0.3, 0.4) is 0 Å². The zero-order valence-corrected chi connectivity index (χ0v) is 9.45. The van der Waals surface area contributed by atoms with Crippen LogP contribution >= 0.6 is 15.9 Å². The van der Waals surface area contributed by atoms with Gasteiger partial charge in [-0.2, -0.15) is 5.10 Å². The van der Waals surface area contributed by atoms with Crippen molar-refractivity contribution >= 4 is 27.0 Å². The Labute approximate surface area is 90.3 Å². The van der Waals surface area contributed by atoms with E-state index in [9.17, 15) is 0 Å². The van der Waals surface area contributed by atoms with Crippen LogP contribution in [0.2, 0.25) is 0 Å². The summed E-state index contributed by atoms with van der Waals surface area (Å²) >= 11 is 3.42. The molecule has 0 unspecified atom stereocenters. The predicted molar refractivity (Wildman–Crippen MR) is 58.2 cm³/mol. The third kappa shape index (κ3) is 1.17. The highest BCUT2D eigenvalue weighted by Crippen LogP contribution is 2.41. The molecule has 0 saturated heterocycles. The third-order valence-electron chi connectivity index (χ3n) is 2.65. The van der Waals surface area contributed by atoms with Gasteiger partial charge in [0.05, 0.1) is 11.2 Å². The van der Waals surface area contributed by atoms with Crippen LogP contribution in [-0.4, -0.2) is 14.8 Å². The molecule has 0 atom stereocenters. The zero-order valence-electron chi connectivity index (χ0n) is 7.87. The van der Waals surface area contributed by atoms with E-state index < -0.39 is 0 Å². The van der Waals surface area contributed by atoms with Crippen molar-refractivity contribution in [3.8, 4) is 0 Å². The summed E-state index contributed by atoms with van der Waals surface area (Å²) in [4.78, 5) is 4.43. The number of hydrogen-bond donors (Lipinski definition) is 0. The van der Waals surface area contributed by atoms with E-state index in [1.807, 2.05) is 17.9 Å². The smallest absolute Gasteiger partial charge is 0.112 e. The first-order valence-electron chi connectivity index (χ1n) is 4.74. The van der Waals surface area contributed by atoms with E-state index in [2.05, 4.69) is 32.1 Å². The van der Waals surface area contributed by atoms with E-state index in [0.717, 1.165) is 15.5 Å². The van der Waals surface area contributed by atoms with Crippen LogP contribution < -0.4 is 0 Å². The van der Waals surface area contributed by atoms with Crippen LogP contribution in [0, 0.1) is 0 Å². The van der Waals surface area contributed by atoms with E-state index in [0.29, 0.717) is 5.92 Å². The van der Waals surface area contributed by atoms with Crippen LogP contribution in [0.25, 0.3) is 11.0 Å². The van der Waals surface area contributed by atoms with Crippen molar-refractivity contribution in [1.29, 1.82) is 0 Å². The molecule has 14 heavy (non-hydrogen) atoms. The van der Waals surface area contributed by atoms with Gasteiger partial charge in [-0.3, -0.25) is 9.67 Å². The predicted octanol–water partition coefficient (Wildman–Crippen LogP) is 2.61. The molecule has 1 saturated carbocycles. The Morgan fingerprint density at radius 2 is 2.29 bits per heavy atom. The van der Waals surface area contributed by atoms with Gasteiger partial charge in [-0.25, -0.2) is 0 Å². The Morgan fingerprint density at radius 1 is 1.50 bits per heavy atom. The number of aryl methyl sites for hydroxylation is 1. The maximum atomic E-state index is 4.53. The molecule has 1 aliphatic rings. The van der Waals surface area contributed by atoms with Gasteiger partial charge < -0.3 is 0 Å². The Kier molecular flexibility index (Phi) is 1.68. The molecule has 4 heteroatoms. The van der Waals surface area contributed by atoms with Crippen molar-refractivity contribution in [3.05, 3.63) is 22.4 Å². The molecule has 2 heterocycles. The fourth-order valence-electron chi connectivity index (χ4n) is 1.77. The largest absolute Gasteiger partial charge is 0.266 e. The molecule has 0 N–H and O–H groups in total. The first-order valence-corrected chi connectivity index (χ1v) is 5.53. The standard InChI is InChI=1S/C10H10BrN3/c1-14-8-4-7(11)5-12-10(8)9(13-14)6-2-3-6/h4-6H,2-3H2,1H3. The molecular formula is C10H10BrN3. The molecule has 0 bridgehead atoms.